The summed E-state index contributed by atoms with van der Waals surface area (Å²) in [6, 6.07) is 9.04. The van der Waals surface area contributed by atoms with E-state index in [1.807, 2.05) is 31.3 Å². The molecule has 0 aliphatic heterocycles. The van der Waals surface area contributed by atoms with E-state index in [0.717, 1.165) is 9.13 Å². The molecule has 1 aromatic carbocycles. The molecule has 0 aliphatic rings. The maximum absolute atomic E-state index is 11.2. The Morgan fingerprint density at radius 2 is 2.17 bits per heavy atom. The fraction of sp³-hybridized carbons (Fsp3) is 0.154. The zero-order chi connectivity index (χ0) is 13.3. The van der Waals surface area contributed by atoms with Gasteiger partial charge in [0.1, 0.15) is 5.69 Å². The molecule has 0 amide bonds. The van der Waals surface area contributed by atoms with Crippen molar-refractivity contribution in [1.29, 1.82) is 0 Å². The second-order valence-electron chi connectivity index (χ2n) is 3.99. The van der Waals surface area contributed by atoms with Crippen molar-refractivity contribution in [2.45, 2.75) is 13.0 Å². The Hall–Kier alpha value is -1.01. The van der Waals surface area contributed by atoms with Gasteiger partial charge in [-0.25, -0.2) is 4.79 Å². The third-order valence-corrected chi connectivity index (χ3v) is 3.61. The number of carboxylic acids is 1. The third kappa shape index (κ3) is 2.70. The number of aromatic nitrogens is 1. The maximum atomic E-state index is 11.2. The van der Waals surface area contributed by atoms with Crippen LogP contribution in [0.5, 0.6) is 0 Å². The summed E-state index contributed by atoms with van der Waals surface area (Å²) < 4.78 is 2.65. The number of benzene rings is 1. The lowest BCUT2D eigenvalue weighted by molar-refractivity contribution is 0.0684. The van der Waals surface area contributed by atoms with Gasteiger partial charge in [-0.15, -0.1) is 0 Å². The van der Waals surface area contributed by atoms with Crippen LogP contribution in [0.15, 0.2) is 36.5 Å². The summed E-state index contributed by atoms with van der Waals surface area (Å²) >= 11 is 8.07. The summed E-state index contributed by atoms with van der Waals surface area (Å²) in [6.45, 7) is 1.95. The summed E-state index contributed by atoms with van der Waals surface area (Å²) in [5.74, 6) is -0.924. The highest BCUT2D eigenvalue weighted by Crippen LogP contribution is 2.24. The summed E-state index contributed by atoms with van der Waals surface area (Å²) in [4.78, 5) is 11.2. The number of carbonyl (C=O) groups is 1. The molecule has 1 atom stereocenters. The van der Waals surface area contributed by atoms with E-state index in [4.69, 9.17) is 11.6 Å². The quantitative estimate of drug-likeness (QED) is 0.822. The Kier molecular flexibility index (Phi) is 3.97. The minimum atomic E-state index is -0.924. The van der Waals surface area contributed by atoms with Crippen molar-refractivity contribution in [2.24, 2.45) is 0 Å². The lowest BCUT2D eigenvalue weighted by Gasteiger charge is -2.16. The molecule has 0 saturated heterocycles. The van der Waals surface area contributed by atoms with Gasteiger partial charge in [-0.05, 0) is 53.3 Å². The number of hydrogen-bond donors (Lipinski definition) is 1. The van der Waals surface area contributed by atoms with Crippen molar-refractivity contribution >= 4 is 40.2 Å². The average molecular weight is 376 g/mol. The van der Waals surface area contributed by atoms with Gasteiger partial charge in [0.2, 0.25) is 0 Å². The molecule has 0 aliphatic carbocycles. The van der Waals surface area contributed by atoms with Gasteiger partial charge in [0, 0.05) is 14.8 Å². The van der Waals surface area contributed by atoms with E-state index < -0.39 is 5.97 Å². The van der Waals surface area contributed by atoms with Crippen molar-refractivity contribution in [3.63, 3.8) is 0 Å². The number of rotatable bonds is 3. The lowest BCUT2D eigenvalue weighted by atomic mass is 10.1. The molecule has 18 heavy (non-hydrogen) atoms. The highest BCUT2D eigenvalue weighted by molar-refractivity contribution is 14.1. The zero-order valence-corrected chi connectivity index (χ0v) is 12.5. The minimum Gasteiger partial charge on any atom is -0.477 e. The van der Waals surface area contributed by atoms with Crippen LogP contribution in [0, 0.1) is 3.57 Å². The van der Waals surface area contributed by atoms with E-state index in [1.165, 1.54) is 0 Å². The smallest absolute Gasteiger partial charge is 0.352 e. The topological polar surface area (TPSA) is 42.2 Å². The van der Waals surface area contributed by atoms with Crippen molar-refractivity contribution in [2.75, 3.05) is 0 Å². The number of hydrogen-bond acceptors (Lipinski definition) is 1. The van der Waals surface area contributed by atoms with Crippen molar-refractivity contribution < 1.29 is 9.90 Å². The van der Waals surface area contributed by atoms with Crippen LogP contribution in [0.2, 0.25) is 5.02 Å². The van der Waals surface area contributed by atoms with Gasteiger partial charge in [0.25, 0.3) is 0 Å². The summed E-state index contributed by atoms with van der Waals surface area (Å²) in [7, 11) is 0. The Bertz CT molecular complexity index is 594. The highest BCUT2D eigenvalue weighted by Gasteiger charge is 2.17. The molecule has 2 aromatic rings. The lowest BCUT2D eigenvalue weighted by Crippen LogP contribution is -2.12. The first-order valence-electron chi connectivity index (χ1n) is 5.35. The minimum absolute atomic E-state index is 0.0710. The van der Waals surface area contributed by atoms with Crippen LogP contribution < -0.4 is 0 Å². The predicted molar refractivity (Wildman–Crippen MR) is 79.4 cm³/mol. The van der Waals surface area contributed by atoms with E-state index in [2.05, 4.69) is 22.6 Å². The molecule has 0 radical (unpaired) electrons. The molecule has 0 saturated carbocycles. The number of aromatic carboxylic acids is 1. The number of halogens is 2. The summed E-state index contributed by atoms with van der Waals surface area (Å²) in [5.41, 5.74) is 1.27. The summed E-state index contributed by atoms with van der Waals surface area (Å²) in [5, 5.41) is 9.83. The zero-order valence-electron chi connectivity index (χ0n) is 9.60. The Labute approximate surface area is 124 Å². The highest BCUT2D eigenvalue weighted by atomic mass is 127. The molecular formula is C13H11ClINO2. The Morgan fingerprint density at radius 3 is 2.78 bits per heavy atom. The molecule has 1 N–H and O–H groups in total. The molecule has 5 heteroatoms. The fourth-order valence-corrected chi connectivity index (χ4v) is 2.66. The molecular weight excluding hydrogens is 365 g/mol. The molecule has 0 fully saturated rings. The normalized spacial score (nSPS) is 12.4. The van der Waals surface area contributed by atoms with Crippen LogP contribution in [0.25, 0.3) is 0 Å². The van der Waals surface area contributed by atoms with Crippen LogP contribution in [0.3, 0.4) is 0 Å². The van der Waals surface area contributed by atoms with Gasteiger partial charge in [0.15, 0.2) is 0 Å². The maximum Gasteiger partial charge on any atom is 0.352 e. The van der Waals surface area contributed by atoms with Crippen LogP contribution in [-0.4, -0.2) is 15.6 Å². The van der Waals surface area contributed by atoms with E-state index in [1.54, 1.807) is 16.7 Å². The molecule has 1 unspecified atom stereocenters. The van der Waals surface area contributed by atoms with E-state index in [0.29, 0.717) is 5.02 Å². The Balaban J connectivity index is 2.45. The van der Waals surface area contributed by atoms with E-state index >= 15 is 0 Å². The largest absolute Gasteiger partial charge is 0.477 e. The second kappa shape index (κ2) is 5.32. The van der Waals surface area contributed by atoms with Gasteiger partial charge in [0.05, 0.1) is 6.04 Å². The van der Waals surface area contributed by atoms with Crippen molar-refractivity contribution in [3.8, 4) is 0 Å². The molecule has 0 spiro atoms. The van der Waals surface area contributed by atoms with Crippen LogP contribution in [-0.2, 0) is 0 Å². The summed E-state index contributed by atoms with van der Waals surface area (Å²) in [6.07, 6.45) is 1.83. The van der Waals surface area contributed by atoms with Gasteiger partial charge >= 0.3 is 5.97 Å². The van der Waals surface area contributed by atoms with Crippen molar-refractivity contribution in [3.05, 3.63) is 56.4 Å². The number of carboxylic acid groups (broad SMARTS) is 1. The molecule has 1 heterocycles. The molecule has 94 valence electrons. The van der Waals surface area contributed by atoms with E-state index in [9.17, 15) is 9.90 Å². The molecule has 0 bridgehead atoms. The SMILES string of the molecule is CC(c1cccc(Cl)c1)n1cc(I)cc1C(=O)O. The average Bonchev–Trinajstić information content (AvgIpc) is 2.70. The van der Waals surface area contributed by atoms with Crippen molar-refractivity contribution in [1.82, 2.24) is 4.57 Å². The predicted octanol–water partition coefficient (Wildman–Crippen LogP) is 4.05. The first kappa shape index (κ1) is 13.4. The second-order valence-corrected chi connectivity index (χ2v) is 5.67. The van der Waals surface area contributed by atoms with Crippen LogP contribution in [0.4, 0.5) is 0 Å². The fourth-order valence-electron chi connectivity index (χ4n) is 1.86. The standard InChI is InChI=1S/C13H11ClINO2/c1-8(9-3-2-4-10(14)5-9)16-7-11(15)6-12(16)13(17)18/h2-8H,1H3,(H,17,18). The number of nitrogens with zero attached hydrogens (tertiary/aromatic N) is 1. The van der Waals surface area contributed by atoms with Crippen LogP contribution >= 0.6 is 34.2 Å². The van der Waals surface area contributed by atoms with Gasteiger partial charge < -0.3 is 9.67 Å². The van der Waals surface area contributed by atoms with Gasteiger partial charge in [-0.2, -0.15) is 0 Å². The van der Waals surface area contributed by atoms with E-state index in [-0.39, 0.29) is 11.7 Å². The molecule has 3 nitrogen and oxygen atoms in total. The third-order valence-electron chi connectivity index (χ3n) is 2.78. The first-order valence-corrected chi connectivity index (χ1v) is 6.81. The Morgan fingerprint density at radius 1 is 1.44 bits per heavy atom. The molecule has 2 rings (SSSR count). The first-order chi connectivity index (χ1) is 8.49. The monoisotopic (exact) mass is 375 g/mol. The van der Waals surface area contributed by atoms with Gasteiger partial charge in [-0.3, -0.25) is 0 Å². The van der Waals surface area contributed by atoms with Crippen LogP contribution in [0.1, 0.15) is 29.0 Å². The van der Waals surface area contributed by atoms with Gasteiger partial charge in [-0.1, -0.05) is 23.7 Å². The molecule has 1 aromatic heterocycles.